The lowest BCUT2D eigenvalue weighted by atomic mass is 10.2. The number of amides is 1. The van der Waals surface area contributed by atoms with Crippen LogP contribution < -0.4 is 14.8 Å². The number of nitrogens with one attached hydrogen (secondary N) is 1. The zero-order chi connectivity index (χ0) is 17.5. The van der Waals surface area contributed by atoms with Crippen molar-refractivity contribution in [1.29, 1.82) is 0 Å². The van der Waals surface area contributed by atoms with Crippen molar-refractivity contribution in [1.82, 2.24) is 0 Å². The maximum Gasteiger partial charge on any atom is 0.271 e. The van der Waals surface area contributed by atoms with E-state index in [1.165, 1.54) is 25.3 Å². The van der Waals surface area contributed by atoms with Crippen LogP contribution in [0, 0.1) is 10.1 Å². The average molecular weight is 330 g/mol. The number of anilines is 1. The van der Waals surface area contributed by atoms with Crippen molar-refractivity contribution in [3.63, 3.8) is 0 Å². The van der Waals surface area contributed by atoms with Crippen LogP contribution in [-0.2, 0) is 0 Å². The molecule has 0 aliphatic heterocycles. The molecule has 0 aromatic heterocycles. The summed E-state index contributed by atoms with van der Waals surface area (Å²) in [6.07, 6.45) is 0.862. The van der Waals surface area contributed by atoms with Crippen molar-refractivity contribution in [3.05, 3.63) is 58.1 Å². The Bertz CT molecular complexity index is 746. The highest BCUT2D eigenvalue weighted by molar-refractivity contribution is 6.05. The second-order valence-corrected chi connectivity index (χ2v) is 4.97. The van der Waals surface area contributed by atoms with E-state index in [0.717, 1.165) is 6.42 Å². The minimum atomic E-state index is -0.533. The molecule has 0 aliphatic rings. The molecule has 2 aromatic rings. The van der Waals surface area contributed by atoms with Gasteiger partial charge in [-0.15, -0.1) is 0 Å². The summed E-state index contributed by atoms with van der Waals surface area (Å²) in [5.74, 6) is 0.526. The highest BCUT2D eigenvalue weighted by atomic mass is 16.6. The van der Waals surface area contributed by atoms with Gasteiger partial charge in [0.05, 0.1) is 24.3 Å². The number of rotatable bonds is 7. The quantitative estimate of drug-likeness (QED) is 0.618. The van der Waals surface area contributed by atoms with Crippen molar-refractivity contribution in [3.8, 4) is 11.5 Å². The highest BCUT2D eigenvalue weighted by Crippen LogP contribution is 2.29. The van der Waals surface area contributed by atoms with E-state index in [4.69, 9.17) is 9.47 Å². The Hall–Kier alpha value is -3.09. The first kappa shape index (κ1) is 17.3. The lowest BCUT2D eigenvalue weighted by Gasteiger charge is -2.11. The van der Waals surface area contributed by atoms with E-state index < -0.39 is 10.8 Å². The maximum absolute atomic E-state index is 12.4. The standard InChI is InChI=1S/C17H18N2O5/c1-3-9-24-14-6-4-5-12(10-14)17(20)18-15-11-13(19(21)22)7-8-16(15)23-2/h4-8,10-11H,3,9H2,1-2H3,(H,18,20). The number of hydrogen-bond acceptors (Lipinski definition) is 5. The smallest absolute Gasteiger partial charge is 0.271 e. The predicted octanol–water partition coefficient (Wildman–Crippen LogP) is 3.64. The summed E-state index contributed by atoms with van der Waals surface area (Å²) in [7, 11) is 1.43. The van der Waals surface area contributed by atoms with Crippen LogP contribution in [0.3, 0.4) is 0 Å². The number of non-ortho nitro benzene ring substituents is 1. The fourth-order valence-corrected chi connectivity index (χ4v) is 2.05. The first-order chi connectivity index (χ1) is 11.5. The number of carbonyl (C=O) groups is 1. The molecule has 0 fully saturated rings. The van der Waals surface area contributed by atoms with Crippen LogP contribution in [0.25, 0.3) is 0 Å². The van der Waals surface area contributed by atoms with Gasteiger partial charge in [-0.05, 0) is 30.7 Å². The van der Waals surface area contributed by atoms with E-state index in [1.54, 1.807) is 24.3 Å². The molecule has 126 valence electrons. The minimum Gasteiger partial charge on any atom is -0.495 e. The number of ether oxygens (including phenoxy) is 2. The van der Waals surface area contributed by atoms with E-state index in [9.17, 15) is 14.9 Å². The second kappa shape index (κ2) is 7.96. The van der Waals surface area contributed by atoms with E-state index in [-0.39, 0.29) is 11.4 Å². The molecule has 0 aliphatic carbocycles. The monoisotopic (exact) mass is 330 g/mol. The molecule has 2 rings (SSSR count). The van der Waals surface area contributed by atoms with Crippen LogP contribution in [0.15, 0.2) is 42.5 Å². The summed E-state index contributed by atoms with van der Waals surface area (Å²) in [4.78, 5) is 22.8. The number of benzene rings is 2. The number of hydrogen-bond donors (Lipinski definition) is 1. The average Bonchev–Trinajstić information content (AvgIpc) is 2.60. The minimum absolute atomic E-state index is 0.133. The van der Waals surface area contributed by atoms with Crippen LogP contribution in [-0.4, -0.2) is 24.5 Å². The zero-order valence-electron chi connectivity index (χ0n) is 13.4. The summed E-state index contributed by atoms with van der Waals surface area (Å²) in [5, 5.41) is 13.5. The van der Waals surface area contributed by atoms with Crippen molar-refractivity contribution >= 4 is 17.3 Å². The van der Waals surface area contributed by atoms with Gasteiger partial charge in [0.2, 0.25) is 0 Å². The molecule has 2 aromatic carbocycles. The lowest BCUT2D eigenvalue weighted by molar-refractivity contribution is -0.384. The van der Waals surface area contributed by atoms with Gasteiger partial charge in [0, 0.05) is 17.7 Å². The predicted molar refractivity (Wildman–Crippen MR) is 89.8 cm³/mol. The Morgan fingerprint density at radius 2 is 2.04 bits per heavy atom. The number of nitro groups is 1. The van der Waals surface area contributed by atoms with Gasteiger partial charge < -0.3 is 14.8 Å². The molecule has 1 amide bonds. The fraction of sp³-hybridized carbons (Fsp3) is 0.235. The second-order valence-electron chi connectivity index (χ2n) is 4.97. The molecule has 0 radical (unpaired) electrons. The van der Waals surface area contributed by atoms with Gasteiger partial charge in [-0.1, -0.05) is 13.0 Å². The van der Waals surface area contributed by atoms with Crippen molar-refractivity contribution in [2.24, 2.45) is 0 Å². The number of nitrogens with zero attached hydrogens (tertiary/aromatic N) is 1. The third kappa shape index (κ3) is 4.22. The van der Waals surface area contributed by atoms with Gasteiger partial charge in [0.1, 0.15) is 11.5 Å². The molecule has 1 N–H and O–H groups in total. The van der Waals surface area contributed by atoms with Crippen LogP contribution in [0.1, 0.15) is 23.7 Å². The number of methoxy groups -OCH3 is 1. The van der Waals surface area contributed by atoms with Crippen molar-refractivity contribution in [2.75, 3.05) is 19.0 Å². The highest BCUT2D eigenvalue weighted by Gasteiger charge is 2.15. The normalized spacial score (nSPS) is 10.1. The van der Waals surface area contributed by atoms with Gasteiger partial charge in [0.25, 0.3) is 11.6 Å². The van der Waals surface area contributed by atoms with Gasteiger partial charge in [-0.2, -0.15) is 0 Å². The lowest BCUT2D eigenvalue weighted by Crippen LogP contribution is -2.13. The van der Waals surface area contributed by atoms with E-state index >= 15 is 0 Å². The number of nitro benzene ring substituents is 1. The van der Waals surface area contributed by atoms with Crippen LogP contribution >= 0.6 is 0 Å². The molecular weight excluding hydrogens is 312 g/mol. The first-order valence-electron chi connectivity index (χ1n) is 7.41. The van der Waals surface area contributed by atoms with E-state index in [0.29, 0.717) is 23.7 Å². The number of carbonyl (C=O) groups excluding carboxylic acids is 1. The summed E-state index contributed by atoms with van der Waals surface area (Å²) in [5.41, 5.74) is 0.486. The van der Waals surface area contributed by atoms with Crippen molar-refractivity contribution < 1.29 is 19.2 Å². The molecule has 24 heavy (non-hydrogen) atoms. The van der Waals surface area contributed by atoms with Gasteiger partial charge in [-0.3, -0.25) is 14.9 Å². The zero-order valence-corrected chi connectivity index (χ0v) is 13.4. The SMILES string of the molecule is CCCOc1cccc(C(=O)Nc2cc([N+](=O)[O-])ccc2OC)c1. The Balaban J connectivity index is 2.23. The van der Waals surface area contributed by atoms with Crippen molar-refractivity contribution in [2.45, 2.75) is 13.3 Å². The van der Waals surface area contributed by atoms with Crippen LogP contribution in [0.4, 0.5) is 11.4 Å². The molecule has 0 bridgehead atoms. The van der Waals surface area contributed by atoms with Gasteiger partial charge >= 0.3 is 0 Å². The first-order valence-corrected chi connectivity index (χ1v) is 7.41. The maximum atomic E-state index is 12.4. The summed E-state index contributed by atoms with van der Waals surface area (Å²) >= 11 is 0. The summed E-state index contributed by atoms with van der Waals surface area (Å²) < 4.78 is 10.6. The molecule has 7 heteroatoms. The Morgan fingerprint density at radius 3 is 2.71 bits per heavy atom. The Labute approximate surface area is 139 Å². The molecule has 0 heterocycles. The molecule has 0 saturated carbocycles. The third-order valence-corrected chi connectivity index (χ3v) is 3.21. The molecule has 0 atom stereocenters. The molecule has 0 saturated heterocycles. The van der Waals surface area contributed by atoms with Crippen LogP contribution in [0.5, 0.6) is 11.5 Å². The van der Waals surface area contributed by atoms with E-state index in [1.807, 2.05) is 6.92 Å². The largest absolute Gasteiger partial charge is 0.495 e. The summed E-state index contributed by atoms with van der Waals surface area (Å²) in [6, 6.07) is 10.7. The van der Waals surface area contributed by atoms with Gasteiger partial charge in [0.15, 0.2) is 0 Å². The molecule has 0 unspecified atom stereocenters. The topological polar surface area (TPSA) is 90.7 Å². The van der Waals surface area contributed by atoms with Crippen LogP contribution in [0.2, 0.25) is 0 Å². The third-order valence-electron chi connectivity index (χ3n) is 3.21. The van der Waals surface area contributed by atoms with E-state index in [2.05, 4.69) is 5.32 Å². The fourth-order valence-electron chi connectivity index (χ4n) is 2.05. The molecule has 7 nitrogen and oxygen atoms in total. The summed E-state index contributed by atoms with van der Waals surface area (Å²) in [6.45, 7) is 2.55. The van der Waals surface area contributed by atoms with Gasteiger partial charge in [-0.25, -0.2) is 0 Å². The Morgan fingerprint density at radius 1 is 1.25 bits per heavy atom. The molecular formula is C17H18N2O5. The molecule has 0 spiro atoms. The Kier molecular flexibility index (Phi) is 5.73.